The van der Waals surface area contributed by atoms with Gasteiger partial charge in [0, 0.05) is 29.5 Å². The molecule has 6 rings (SSSR count). The second kappa shape index (κ2) is 8.59. The lowest BCUT2D eigenvalue weighted by Gasteiger charge is -2.11. The van der Waals surface area contributed by atoms with Gasteiger partial charge < -0.3 is 14.4 Å². The summed E-state index contributed by atoms with van der Waals surface area (Å²) in [6.45, 7) is 0.195. The molecule has 1 aromatic heterocycles. The highest BCUT2D eigenvalue weighted by atomic mass is 32.2. The summed E-state index contributed by atoms with van der Waals surface area (Å²) >= 11 is 1.33. The minimum Gasteiger partial charge on any atom is -0.454 e. The number of para-hydroxylation sites is 1. The van der Waals surface area contributed by atoms with Gasteiger partial charge in [0.2, 0.25) is 12.7 Å². The topological polar surface area (TPSA) is 86.6 Å². The molecule has 0 fully saturated rings. The van der Waals surface area contributed by atoms with Crippen molar-refractivity contribution in [3.05, 3.63) is 77.9 Å². The standard InChI is InChI=1S/C26H20N4O4S/c1-29-20-9-7-16(11-18(20)13-24(29)32)21(31)14-35-26-28-27-25(30(26)19-5-3-2-4-6-19)17-8-10-22-23(12-17)34-15-33-22/h2-12H,13-15H2,1H3. The number of anilines is 1. The molecule has 9 heteroatoms. The van der Waals surface area contributed by atoms with Gasteiger partial charge in [0.05, 0.1) is 12.2 Å². The third kappa shape index (κ3) is 3.83. The number of Topliss-reactive ketones (excluding diaryl/α,β-unsaturated/α-hetero) is 1. The predicted octanol–water partition coefficient (Wildman–Crippen LogP) is 4.16. The Balaban J connectivity index is 1.29. The lowest BCUT2D eigenvalue weighted by molar-refractivity contribution is -0.117. The van der Waals surface area contributed by atoms with Crippen molar-refractivity contribution < 1.29 is 19.1 Å². The molecule has 2 aliphatic rings. The van der Waals surface area contributed by atoms with Crippen LogP contribution in [0.25, 0.3) is 17.1 Å². The maximum atomic E-state index is 13.0. The molecule has 1 amide bonds. The van der Waals surface area contributed by atoms with E-state index in [0.29, 0.717) is 34.5 Å². The van der Waals surface area contributed by atoms with Crippen molar-refractivity contribution in [2.45, 2.75) is 11.6 Å². The predicted molar refractivity (Wildman–Crippen MR) is 132 cm³/mol. The van der Waals surface area contributed by atoms with Crippen LogP contribution in [0.2, 0.25) is 0 Å². The summed E-state index contributed by atoms with van der Waals surface area (Å²) in [5, 5.41) is 9.46. The number of fused-ring (bicyclic) bond motifs is 2. The molecule has 0 atom stereocenters. The van der Waals surface area contributed by atoms with Crippen LogP contribution in [0.15, 0.2) is 71.9 Å². The highest BCUT2D eigenvalue weighted by molar-refractivity contribution is 7.99. The van der Waals surface area contributed by atoms with Gasteiger partial charge in [-0.1, -0.05) is 30.0 Å². The molecule has 0 N–H and O–H groups in total. The number of ketones is 1. The average molecular weight is 485 g/mol. The Kier molecular flexibility index (Phi) is 5.26. The number of likely N-dealkylation sites (N-methyl/N-ethyl adjacent to an activating group) is 1. The van der Waals surface area contributed by atoms with E-state index in [9.17, 15) is 9.59 Å². The van der Waals surface area contributed by atoms with E-state index < -0.39 is 0 Å². The zero-order valence-corrected chi connectivity index (χ0v) is 19.6. The van der Waals surface area contributed by atoms with Crippen molar-refractivity contribution in [1.82, 2.24) is 14.8 Å². The normalized spacial score (nSPS) is 13.9. The molecule has 0 radical (unpaired) electrons. The number of benzene rings is 3. The van der Waals surface area contributed by atoms with Gasteiger partial charge in [0.1, 0.15) is 0 Å². The number of thioether (sulfide) groups is 1. The zero-order chi connectivity index (χ0) is 23.9. The number of aromatic nitrogens is 3. The first-order chi connectivity index (χ1) is 17.1. The summed E-state index contributed by atoms with van der Waals surface area (Å²) in [6, 6.07) is 20.9. The third-order valence-corrected chi connectivity index (χ3v) is 7.02. The highest BCUT2D eigenvalue weighted by Crippen LogP contribution is 2.37. The number of amides is 1. The number of rotatable bonds is 6. The van der Waals surface area contributed by atoms with Crippen LogP contribution >= 0.6 is 11.8 Å². The molecule has 0 aliphatic carbocycles. The van der Waals surface area contributed by atoms with Gasteiger partial charge >= 0.3 is 0 Å². The summed E-state index contributed by atoms with van der Waals surface area (Å²) in [7, 11) is 1.75. The molecule has 0 bridgehead atoms. The second-order valence-electron chi connectivity index (χ2n) is 8.23. The lowest BCUT2D eigenvalue weighted by Crippen LogP contribution is -2.20. The Morgan fingerprint density at radius 3 is 2.69 bits per heavy atom. The van der Waals surface area contributed by atoms with Gasteiger partial charge in [0.15, 0.2) is 28.3 Å². The molecule has 3 aromatic carbocycles. The highest BCUT2D eigenvalue weighted by Gasteiger charge is 2.25. The van der Waals surface area contributed by atoms with Crippen molar-refractivity contribution >= 4 is 29.1 Å². The van der Waals surface area contributed by atoms with Crippen molar-refractivity contribution in [1.29, 1.82) is 0 Å². The van der Waals surface area contributed by atoms with Gasteiger partial charge in [-0.15, -0.1) is 10.2 Å². The molecular weight excluding hydrogens is 464 g/mol. The first kappa shape index (κ1) is 21.4. The van der Waals surface area contributed by atoms with E-state index in [4.69, 9.17) is 9.47 Å². The molecule has 0 saturated heterocycles. The molecule has 2 aliphatic heterocycles. The zero-order valence-electron chi connectivity index (χ0n) is 18.8. The van der Waals surface area contributed by atoms with E-state index in [2.05, 4.69) is 10.2 Å². The number of carbonyl (C=O) groups is 2. The molecule has 8 nitrogen and oxygen atoms in total. The maximum Gasteiger partial charge on any atom is 0.231 e. The Morgan fingerprint density at radius 2 is 1.83 bits per heavy atom. The van der Waals surface area contributed by atoms with Crippen LogP contribution in [-0.4, -0.2) is 46.0 Å². The minimum atomic E-state index is -0.0351. The number of hydrogen-bond acceptors (Lipinski definition) is 7. The van der Waals surface area contributed by atoms with Crippen LogP contribution in [0.5, 0.6) is 11.5 Å². The molecule has 3 heterocycles. The summed E-state index contributed by atoms with van der Waals surface area (Å²) in [5.41, 5.74) is 4.04. The van der Waals surface area contributed by atoms with Crippen molar-refractivity contribution in [3.63, 3.8) is 0 Å². The van der Waals surface area contributed by atoms with Crippen molar-refractivity contribution in [2.24, 2.45) is 0 Å². The fraction of sp³-hybridized carbons (Fsp3) is 0.154. The van der Waals surface area contributed by atoms with Gasteiger partial charge in [-0.25, -0.2) is 0 Å². The van der Waals surface area contributed by atoms with Crippen molar-refractivity contribution in [3.8, 4) is 28.6 Å². The number of carbonyl (C=O) groups excluding carboxylic acids is 2. The molecule has 174 valence electrons. The first-order valence-corrected chi connectivity index (χ1v) is 12.0. The van der Waals surface area contributed by atoms with E-state index in [1.165, 1.54) is 11.8 Å². The maximum absolute atomic E-state index is 13.0. The van der Waals surface area contributed by atoms with Crippen LogP contribution in [0.4, 0.5) is 5.69 Å². The fourth-order valence-corrected chi connectivity index (χ4v) is 5.10. The van der Waals surface area contributed by atoms with Crippen molar-refractivity contribution in [2.75, 3.05) is 24.5 Å². The Labute approximate surface area is 205 Å². The summed E-state index contributed by atoms with van der Waals surface area (Å²) in [5.74, 6) is 2.19. The SMILES string of the molecule is CN1C(=O)Cc2cc(C(=O)CSc3nnc(-c4ccc5c(c4)OCO5)n3-c3ccccc3)ccc21. The molecule has 0 spiro atoms. The summed E-state index contributed by atoms with van der Waals surface area (Å²) in [6.07, 6.45) is 0.321. The molecule has 0 saturated carbocycles. The van der Waals surface area contributed by atoms with Crippen LogP contribution in [0.3, 0.4) is 0 Å². The summed E-state index contributed by atoms with van der Waals surface area (Å²) < 4.78 is 12.9. The first-order valence-electron chi connectivity index (χ1n) is 11.0. The molecule has 4 aromatic rings. The Morgan fingerprint density at radius 1 is 1.00 bits per heavy atom. The number of ether oxygens (including phenoxy) is 2. The van der Waals surface area contributed by atoms with Crippen LogP contribution < -0.4 is 14.4 Å². The van der Waals surface area contributed by atoms with Crippen LogP contribution in [0, 0.1) is 0 Å². The Hall–Kier alpha value is -4.11. The van der Waals surface area contributed by atoms with E-state index in [-0.39, 0.29) is 24.2 Å². The minimum absolute atomic E-state index is 0.0333. The monoisotopic (exact) mass is 484 g/mol. The lowest BCUT2D eigenvalue weighted by atomic mass is 10.1. The second-order valence-corrected chi connectivity index (χ2v) is 9.17. The van der Waals surface area contributed by atoms with Gasteiger partial charge in [-0.2, -0.15) is 0 Å². The molecular formula is C26H20N4O4S. The quantitative estimate of drug-likeness (QED) is 0.300. The largest absolute Gasteiger partial charge is 0.454 e. The Bertz CT molecular complexity index is 1470. The smallest absolute Gasteiger partial charge is 0.231 e. The van der Waals surface area contributed by atoms with E-state index >= 15 is 0 Å². The number of nitrogens with zero attached hydrogens (tertiary/aromatic N) is 4. The third-order valence-electron chi connectivity index (χ3n) is 6.09. The van der Waals surface area contributed by atoms with E-state index in [1.54, 1.807) is 18.0 Å². The van der Waals surface area contributed by atoms with Gasteiger partial charge in [0.25, 0.3) is 0 Å². The van der Waals surface area contributed by atoms with Gasteiger partial charge in [-0.3, -0.25) is 14.2 Å². The van der Waals surface area contributed by atoms with Gasteiger partial charge in [-0.05, 0) is 54.1 Å². The fourth-order valence-electron chi connectivity index (χ4n) is 4.25. The number of hydrogen-bond donors (Lipinski definition) is 0. The van der Waals surface area contributed by atoms with E-state index in [0.717, 1.165) is 22.5 Å². The van der Waals surface area contributed by atoms with Crippen LogP contribution in [-0.2, 0) is 11.2 Å². The van der Waals surface area contributed by atoms with E-state index in [1.807, 2.05) is 65.2 Å². The van der Waals surface area contributed by atoms with Crippen LogP contribution in [0.1, 0.15) is 15.9 Å². The average Bonchev–Trinajstić information content (AvgIpc) is 3.60. The molecule has 35 heavy (non-hydrogen) atoms. The summed E-state index contributed by atoms with van der Waals surface area (Å²) in [4.78, 5) is 26.6. The molecule has 0 unspecified atom stereocenters.